The van der Waals surface area contributed by atoms with Crippen LogP contribution in [0.5, 0.6) is 0 Å². The van der Waals surface area contributed by atoms with E-state index in [2.05, 4.69) is 20.6 Å². The number of fused-ring (bicyclic) bond motifs is 1. The standard InChI is InChI=1S/C19H18F5N5O3/c1-8(30)5-25-17-26-6-11(7-27-17)28-18(31)29-16(19(22,23)24)14-9(2)12-3-10(20)4-13(21)15(12)32-14/h3-4,6-8,16,30H,5H2,1-2H3,(H,25,26,27)(H2,28,29,31). The van der Waals surface area contributed by atoms with Crippen molar-refractivity contribution in [3.63, 3.8) is 0 Å². The van der Waals surface area contributed by atoms with E-state index in [1.54, 1.807) is 12.2 Å². The van der Waals surface area contributed by atoms with Gasteiger partial charge in [-0.3, -0.25) is 0 Å². The number of amides is 2. The van der Waals surface area contributed by atoms with Crippen molar-refractivity contribution < 1.29 is 36.3 Å². The summed E-state index contributed by atoms with van der Waals surface area (Å²) in [4.78, 5) is 19.9. The van der Waals surface area contributed by atoms with Gasteiger partial charge < -0.3 is 25.5 Å². The van der Waals surface area contributed by atoms with E-state index in [0.717, 1.165) is 18.5 Å². The number of aliphatic hydroxyl groups excluding tert-OH is 1. The number of benzene rings is 1. The van der Waals surface area contributed by atoms with Crippen molar-refractivity contribution in [2.45, 2.75) is 32.2 Å². The number of halogens is 5. The maximum absolute atomic E-state index is 13.9. The molecule has 2 aromatic heterocycles. The molecule has 13 heteroatoms. The number of furan rings is 1. The minimum absolute atomic E-state index is 0.0135. The number of anilines is 2. The summed E-state index contributed by atoms with van der Waals surface area (Å²) in [5.74, 6) is -2.79. The Bertz CT molecular complexity index is 1120. The van der Waals surface area contributed by atoms with E-state index in [1.165, 1.54) is 6.92 Å². The molecule has 0 bridgehead atoms. The first kappa shape index (κ1) is 23.2. The molecule has 0 saturated heterocycles. The zero-order valence-electron chi connectivity index (χ0n) is 16.7. The molecule has 2 amide bonds. The Labute approximate surface area is 177 Å². The largest absolute Gasteiger partial charge is 0.455 e. The lowest BCUT2D eigenvalue weighted by molar-refractivity contribution is -0.158. The third-order valence-corrected chi connectivity index (χ3v) is 4.32. The molecular formula is C19H18F5N5O3. The highest BCUT2D eigenvalue weighted by atomic mass is 19.4. The van der Waals surface area contributed by atoms with Gasteiger partial charge in [0.25, 0.3) is 0 Å². The number of aliphatic hydroxyl groups is 1. The molecule has 2 atom stereocenters. The van der Waals surface area contributed by atoms with Crippen molar-refractivity contribution in [1.29, 1.82) is 0 Å². The number of urea groups is 1. The van der Waals surface area contributed by atoms with Crippen molar-refractivity contribution in [2.24, 2.45) is 0 Å². The molecule has 4 N–H and O–H groups in total. The van der Waals surface area contributed by atoms with Crippen LogP contribution in [0.4, 0.5) is 38.4 Å². The summed E-state index contributed by atoms with van der Waals surface area (Å²) in [6.45, 7) is 2.91. The normalized spacial score (nSPS) is 13.6. The van der Waals surface area contributed by atoms with E-state index in [1.807, 2.05) is 0 Å². The van der Waals surface area contributed by atoms with Gasteiger partial charge in [-0.2, -0.15) is 13.2 Å². The number of aromatic nitrogens is 2. The van der Waals surface area contributed by atoms with Gasteiger partial charge >= 0.3 is 12.2 Å². The van der Waals surface area contributed by atoms with Gasteiger partial charge in [0.05, 0.1) is 24.2 Å². The first-order valence-corrected chi connectivity index (χ1v) is 9.22. The fourth-order valence-electron chi connectivity index (χ4n) is 2.85. The van der Waals surface area contributed by atoms with Crippen LogP contribution in [0.2, 0.25) is 0 Å². The molecule has 0 radical (unpaired) electrons. The van der Waals surface area contributed by atoms with Gasteiger partial charge in [-0.15, -0.1) is 0 Å². The minimum atomic E-state index is -5.00. The van der Waals surface area contributed by atoms with Crippen molar-refractivity contribution in [1.82, 2.24) is 15.3 Å². The van der Waals surface area contributed by atoms with E-state index in [9.17, 15) is 31.9 Å². The van der Waals surface area contributed by atoms with Gasteiger partial charge in [-0.1, -0.05) is 0 Å². The number of hydrogen-bond acceptors (Lipinski definition) is 6. The summed E-state index contributed by atoms with van der Waals surface area (Å²) in [7, 11) is 0. The second-order valence-electron chi connectivity index (χ2n) is 6.95. The number of nitrogens with zero attached hydrogens (tertiary/aromatic N) is 2. The van der Waals surface area contributed by atoms with Gasteiger partial charge in [0.15, 0.2) is 17.4 Å². The summed E-state index contributed by atoms with van der Waals surface area (Å²) in [5, 5.41) is 15.6. The van der Waals surface area contributed by atoms with Gasteiger partial charge in [0.1, 0.15) is 11.6 Å². The van der Waals surface area contributed by atoms with Crippen LogP contribution in [0.3, 0.4) is 0 Å². The highest BCUT2D eigenvalue weighted by Gasteiger charge is 2.45. The third-order valence-electron chi connectivity index (χ3n) is 4.32. The second-order valence-corrected chi connectivity index (χ2v) is 6.95. The lowest BCUT2D eigenvalue weighted by Gasteiger charge is -2.20. The number of hydrogen-bond donors (Lipinski definition) is 4. The lowest BCUT2D eigenvalue weighted by Crippen LogP contribution is -2.40. The van der Waals surface area contributed by atoms with Crippen LogP contribution in [0.1, 0.15) is 24.3 Å². The van der Waals surface area contributed by atoms with Gasteiger partial charge in [0, 0.05) is 23.6 Å². The molecule has 8 nitrogen and oxygen atoms in total. The quantitative estimate of drug-likeness (QED) is 0.414. The van der Waals surface area contributed by atoms with Crippen molar-refractivity contribution in [3.8, 4) is 0 Å². The van der Waals surface area contributed by atoms with Crippen LogP contribution in [0.25, 0.3) is 11.0 Å². The Balaban J connectivity index is 1.80. The summed E-state index contributed by atoms with van der Waals surface area (Å²) >= 11 is 0. The van der Waals surface area contributed by atoms with E-state index in [0.29, 0.717) is 6.07 Å². The Hall–Kier alpha value is -3.48. The Kier molecular flexibility index (Phi) is 6.48. The number of nitrogens with one attached hydrogen (secondary N) is 3. The van der Waals surface area contributed by atoms with Gasteiger partial charge in [-0.25, -0.2) is 23.5 Å². The molecule has 0 aliphatic carbocycles. The average Bonchev–Trinajstić information content (AvgIpc) is 3.01. The summed E-state index contributed by atoms with van der Waals surface area (Å²) in [5.41, 5.74) is -0.734. The predicted octanol–water partition coefficient (Wildman–Crippen LogP) is 4.03. The number of alkyl halides is 3. The molecular weight excluding hydrogens is 441 g/mol. The molecule has 3 aromatic rings. The van der Waals surface area contributed by atoms with Crippen LogP contribution >= 0.6 is 0 Å². The molecule has 3 rings (SSSR count). The molecule has 0 saturated carbocycles. The van der Waals surface area contributed by atoms with E-state index < -0.39 is 47.3 Å². The summed E-state index contributed by atoms with van der Waals surface area (Å²) in [6.07, 6.45) is -3.38. The average molecular weight is 459 g/mol. The molecule has 0 aliphatic rings. The smallest absolute Gasteiger partial charge is 0.416 e. The van der Waals surface area contributed by atoms with Crippen molar-refractivity contribution in [2.75, 3.05) is 17.2 Å². The zero-order chi connectivity index (χ0) is 23.6. The number of aryl methyl sites for hydroxylation is 1. The molecule has 0 fully saturated rings. The molecule has 2 unspecified atom stereocenters. The van der Waals surface area contributed by atoms with Crippen molar-refractivity contribution in [3.05, 3.63) is 47.5 Å². The fraction of sp³-hybridized carbons (Fsp3) is 0.316. The summed E-state index contributed by atoms with van der Waals surface area (Å²) < 4.78 is 73.5. The first-order valence-electron chi connectivity index (χ1n) is 9.22. The Morgan fingerprint density at radius 2 is 1.88 bits per heavy atom. The van der Waals surface area contributed by atoms with Gasteiger partial charge in [0.2, 0.25) is 5.95 Å². The predicted molar refractivity (Wildman–Crippen MR) is 104 cm³/mol. The molecule has 32 heavy (non-hydrogen) atoms. The van der Waals surface area contributed by atoms with Crippen molar-refractivity contribution >= 4 is 28.6 Å². The SMILES string of the molecule is Cc1c(C(NC(=O)Nc2cnc(NCC(C)O)nc2)C(F)(F)F)oc2c(F)cc(F)cc12. The van der Waals surface area contributed by atoms with E-state index in [-0.39, 0.29) is 29.1 Å². The first-order chi connectivity index (χ1) is 15.0. The third kappa shape index (κ3) is 5.22. The monoisotopic (exact) mass is 459 g/mol. The number of rotatable bonds is 6. The van der Waals surface area contributed by atoms with Gasteiger partial charge in [-0.05, 0) is 19.9 Å². The topological polar surface area (TPSA) is 112 Å². The lowest BCUT2D eigenvalue weighted by atomic mass is 10.1. The summed E-state index contributed by atoms with van der Waals surface area (Å²) in [6, 6.07) is -2.56. The minimum Gasteiger partial charge on any atom is -0.455 e. The van der Waals surface area contributed by atoms with Crippen LogP contribution in [-0.2, 0) is 0 Å². The number of carbonyl (C=O) groups is 1. The Morgan fingerprint density at radius 3 is 2.47 bits per heavy atom. The highest BCUT2D eigenvalue weighted by molar-refractivity contribution is 5.89. The molecule has 0 aliphatic heterocycles. The van der Waals surface area contributed by atoms with Crippen LogP contribution in [0, 0.1) is 18.6 Å². The van der Waals surface area contributed by atoms with Crippen LogP contribution < -0.4 is 16.0 Å². The molecule has 0 spiro atoms. The van der Waals surface area contributed by atoms with Crippen LogP contribution in [0.15, 0.2) is 28.9 Å². The second kappa shape index (κ2) is 8.94. The maximum atomic E-state index is 13.9. The van der Waals surface area contributed by atoms with E-state index >= 15 is 0 Å². The fourth-order valence-corrected chi connectivity index (χ4v) is 2.85. The van der Waals surface area contributed by atoms with Crippen LogP contribution in [-0.4, -0.2) is 39.9 Å². The zero-order valence-corrected chi connectivity index (χ0v) is 16.7. The highest BCUT2D eigenvalue weighted by Crippen LogP contribution is 2.39. The molecule has 2 heterocycles. The number of carbonyl (C=O) groups excluding carboxylic acids is 1. The molecule has 1 aromatic carbocycles. The molecule has 172 valence electrons. The Morgan fingerprint density at radius 1 is 1.22 bits per heavy atom. The van der Waals surface area contributed by atoms with E-state index in [4.69, 9.17) is 4.42 Å². The maximum Gasteiger partial charge on any atom is 0.416 e.